The highest BCUT2D eigenvalue weighted by Gasteiger charge is 2.14. The van der Waals surface area contributed by atoms with Crippen molar-refractivity contribution in [3.05, 3.63) is 176 Å². The molecule has 0 fully saturated rings. The zero-order valence-corrected chi connectivity index (χ0v) is 22.3. The van der Waals surface area contributed by atoms with Gasteiger partial charge in [-0.3, -0.25) is 0 Å². The van der Waals surface area contributed by atoms with Crippen molar-refractivity contribution in [1.29, 1.82) is 0 Å². The van der Waals surface area contributed by atoms with E-state index in [1.807, 2.05) is 12.1 Å². The van der Waals surface area contributed by atoms with Gasteiger partial charge < -0.3 is 9.80 Å². The highest BCUT2D eigenvalue weighted by molar-refractivity contribution is 5.81. The fourth-order valence-corrected chi connectivity index (χ4v) is 5.02. The molecule has 0 bridgehead atoms. The molecule has 0 atom stereocenters. The fourth-order valence-electron chi connectivity index (χ4n) is 5.02. The summed E-state index contributed by atoms with van der Waals surface area (Å²) in [7, 11) is 0. The third-order valence-corrected chi connectivity index (χ3v) is 6.99. The first-order valence-corrected chi connectivity index (χ1v) is 13.5. The number of anilines is 6. The standard InChI is InChI=1S/C38H30N2/c1-2-30-13-12-20-38(29-30)40(35-18-10-5-11-19-35)37-27-23-32(24-28-37)31-21-25-36(26-22-31)39(33-14-6-3-7-15-33)34-16-8-4-9-17-34/h2-29H,1H2. The summed E-state index contributed by atoms with van der Waals surface area (Å²) in [6.07, 6.45) is 1.89. The van der Waals surface area contributed by atoms with Gasteiger partial charge in [-0.1, -0.05) is 104 Å². The number of benzene rings is 6. The molecule has 0 amide bonds. The Labute approximate surface area is 236 Å². The van der Waals surface area contributed by atoms with Crippen molar-refractivity contribution in [2.24, 2.45) is 0 Å². The minimum absolute atomic E-state index is 1.09. The van der Waals surface area contributed by atoms with Crippen LogP contribution in [-0.2, 0) is 0 Å². The van der Waals surface area contributed by atoms with Crippen LogP contribution in [0.5, 0.6) is 0 Å². The van der Waals surface area contributed by atoms with Crippen molar-refractivity contribution in [3.63, 3.8) is 0 Å². The summed E-state index contributed by atoms with van der Waals surface area (Å²) in [6, 6.07) is 57.5. The second kappa shape index (κ2) is 11.6. The maximum absolute atomic E-state index is 3.95. The van der Waals surface area contributed by atoms with Crippen LogP contribution in [0.2, 0.25) is 0 Å². The van der Waals surface area contributed by atoms with E-state index in [-0.39, 0.29) is 0 Å². The van der Waals surface area contributed by atoms with E-state index in [1.54, 1.807) is 0 Å². The van der Waals surface area contributed by atoms with Crippen LogP contribution in [0.4, 0.5) is 34.1 Å². The van der Waals surface area contributed by atoms with Crippen LogP contribution in [0.1, 0.15) is 5.56 Å². The maximum Gasteiger partial charge on any atom is 0.0467 e. The molecule has 0 aliphatic carbocycles. The minimum Gasteiger partial charge on any atom is -0.311 e. The third kappa shape index (κ3) is 5.29. The van der Waals surface area contributed by atoms with Gasteiger partial charge in [0.1, 0.15) is 0 Å². The molecule has 6 aromatic rings. The summed E-state index contributed by atoms with van der Waals surface area (Å²) >= 11 is 0. The van der Waals surface area contributed by atoms with Gasteiger partial charge >= 0.3 is 0 Å². The third-order valence-electron chi connectivity index (χ3n) is 6.99. The molecule has 0 aliphatic rings. The Morgan fingerprint density at radius 3 is 1.10 bits per heavy atom. The van der Waals surface area contributed by atoms with Crippen molar-refractivity contribution in [1.82, 2.24) is 0 Å². The summed E-state index contributed by atoms with van der Waals surface area (Å²) in [5.74, 6) is 0. The number of rotatable bonds is 8. The van der Waals surface area contributed by atoms with Crippen molar-refractivity contribution >= 4 is 40.2 Å². The predicted molar refractivity (Wildman–Crippen MR) is 171 cm³/mol. The van der Waals surface area contributed by atoms with Crippen molar-refractivity contribution in [2.75, 3.05) is 9.80 Å². The van der Waals surface area contributed by atoms with Gasteiger partial charge in [-0.25, -0.2) is 0 Å². The van der Waals surface area contributed by atoms with Crippen LogP contribution >= 0.6 is 0 Å². The Morgan fingerprint density at radius 2 is 0.700 bits per heavy atom. The number of para-hydroxylation sites is 3. The van der Waals surface area contributed by atoms with Crippen molar-refractivity contribution in [3.8, 4) is 11.1 Å². The molecule has 0 spiro atoms. The monoisotopic (exact) mass is 514 g/mol. The molecule has 2 heteroatoms. The van der Waals surface area contributed by atoms with E-state index >= 15 is 0 Å². The first-order valence-electron chi connectivity index (χ1n) is 13.5. The van der Waals surface area contributed by atoms with Crippen LogP contribution in [0.15, 0.2) is 170 Å². The molecular formula is C38H30N2. The zero-order valence-electron chi connectivity index (χ0n) is 22.3. The molecule has 192 valence electrons. The van der Waals surface area contributed by atoms with Crippen molar-refractivity contribution in [2.45, 2.75) is 0 Å². The average Bonchev–Trinajstić information content (AvgIpc) is 3.04. The highest BCUT2D eigenvalue weighted by Crippen LogP contribution is 2.38. The normalized spacial score (nSPS) is 10.6. The van der Waals surface area contributed by atoms with Crippen molar-refractivity contribution < 1.29 is 0 Å². The summed E-state index contributed by atoms with van der Waals surface area (Å²) < 4.78 is 0. The van der Waals surface area contributed by atoms with E-state index in [4.69, 9.17) is 0 Å². The van der Waals surface area contributed by atoms with Gasteiger partial charge in [0.15, 0.2) is 0 Å². The van der Waals surface area contributed by atoms with E-state index < -0.39 is 0 Å². The Kier molecular flexibility index (Phi) is 7.23. The van der Waals surface area contributed by atoms with Gasteiger partial charge in [0, 0.05) is 34.1 Å². The van der Waals surface area contributed by atoms with Gasteiger partial charge in [0.2, 0.25) is 0 Å². The largest absolute Gasteiger partial charge is 0.311 e. The maximum atomic E-state index is 3.95. The molecule has 6 rings (SSSR count). The van der Waals surface area contributed by atoms with Gasteiger partial charge in [-0.2, -0.15) is 0 Å². The molecule has 6 aromatic carbocycles. The average molecular weight is 515 g/mol. The molecule has 0 heterocycles. The quantitative estimate of drug-likeness (QED) is 0.199. The summed E-state index contributed by atoms with van der Waals surface area (Å²) in [5, 5.41) is 0. The van der Waals surface area contributed by atoms with Crippen LogP contribution in [0, 0.1) is 0 Å². The van der Waals surface area contributed by atoms with Gasteiger partial charge in [0.05, 0.1) is 0 Å². The topological polar surface area (TPSA) is 6.48 Å². The molecular weight excluding hydrogens is 484 g/mol. The Hall–Kier alpha value is -5.34. The minimum atomic E-state index is 1.09. The lowest BCUT2D eigenvalue weighted by atomic mass is 10.0. The molecule has 0 N–H and O–H groups in total. The lowest BCUT2D eigenvalue weighted by molar-refractivity contribution is 1.28. The SMILES string of the molecule is C=Cc1cccc(N(c2ccccc2)c2ccc(-c3ccc(N(c4ccccc4)c4ccccc4)cc3)cc2)c1. The van der Waals surface area contributed by atoms with E-state index in [0.717, 1.165) is 39.7 Å². The van der Waals surface area contributed by atoms with E-state index in [0.29, 0.717) is 0 Å². The Balaban J connectivity index is 1.32. The van der Waals surface area contributed by atoms with Crippen LogP contribution in [-0.4, -0.2) is 0 Å². The first-order chi connectivity index (χ1) is 19.8. The molecule has 2 nitrogen and oxygen atoms in total. The first kappa shape index (κ1) is 25.0. The predicted octanol–water partition coefficient (Wildman–Crippen LogP) is 10.9. The summed E-state index contributed by atoms with van der Waals surface area (Å²) in [4.78, 5) is 4.56. The van der Waals surface area contributed by atoms with Gasteiger partial charge in [0.25, 0.3) is 0 Å². The molecule has 40 heavy (non-hydrogen) atoms. The van der Waals surface area contributed by atoms with E-state index in [9.17, 15) is 0 Å². The zero-order chi connectivity index (χ0) is 27.1. The van der Waals surface area contributed by atoms with E-state index in [1.165, 1.54) is 11.1 Å². The summed E-state index contributed by atoms with van der Waals surface area (Å²) in [6.45, 7) is 3.95. The second-order valence-corrected chi connectivity index (χ2v) is 9.57. The molecule has 0 aliphatic heterocycles. The fraction of sp³-hybridized carbons (Fsp3) is 0. The number of nitrogens with zero attached hydrogens (tertiary/aromatic N) is 2. The Bertz CT molecular complexity index is 1640. The number of hydrogen-bond donors (Lipinski definition) is 0. The summed E-state index contributed by atoms with van der Waals surface area (Å²) in [5.41, 5.74) is 10.1. The van der Waals surface area contributed by atoms with Crippen LogP contribution < -0.4 is 9.80 Å². The lowest BCUT2D eigenvalue weighted by Gasteiger charge is -2.26. The molecule has 0 radical (unpaired) electrons. The Morgan fingerprint density at radius 1 is 0.350 bits per heavy atom. The molecule has 0 aromatic heterocycles. The van der Waals surface area contributed by atoms with E-state index in [2.05, 4.69) is 174 Å². The van der Waals surface area contributed by atoms with Gasteiger partial charge in [-0.05, 0) is 89.5 Å². The molecule has 0 saturated heterocycles. The second-order valence-electron chi connectivity index (χ2n) is 9.57. The van der Waals surface area contributed by atoms with Crippen LogP contribution in [0.3, 0.4) is 0 Å². The lowest BCUT2D eigenvalue weighted by Crippen LogP contribution is -2.10. The smallest absolute Gasteiger partial charge is 0.0467 e. The van der Waals surface area contributed by atoms with Crippen LogP contribution in [0.25, 0.3) is 17.2 Å². The highest BCUT2D eigenvalue weighted by atomic mass is 15.1. The molecule has 0 unspecified atom stereocenters. The molecule has 0 saturated carbocycles. The van der Waals surface area contributed by atoms with Gasteiger partial charge in [-0.15, -0.1) is 0 Å². The number of hydrogen-bond acceptors (Lipinski definition) is 2.